The first-order valence-electron chi connectivity index (χ1n) is 7.56. The average Bonchev–Trinajstić information content (AvgIpc) is 3.33. The van der Waals surface area contributed by atoms with Crippen LogP contribution in [0.15, 0.2) is 4.34 Å². The van der Waals surface area contributed by atoms with E-state index in [1.165, 1.54) is 23.1 Å². The highest BCUT2D eigenvalue weighted by molar-refractivity contribution is 8.01. The van der Waals surface area contributed by atoms with Crippen molar-refractivity contribution in [3.05, 3.63) is 10.6 Å². The van der Waals surface area contributed by atoms with E-state index in [0.29, 0.717) is 26.6 Å². The van der Waals surface area contributed by atoms with Crippen LogP contribution >= 0.6 is 34.6 Å². The van der Waals surface area contributed by atoms with Crippen LogP contribution in [0.2, 0.25) is 0 Å². The summed E-state index contributed by atoms with van der Waals surface area (Å²) < 4.78 is 9.79. The lowest BCUT2D eigenvalue weighted by atomic mass is 10.2. The van der Waals surface area contributed by atoms with Gasteiger partial charge in [-0.3, -0.25) is 14.9 Å². The number of anilines is 1. The molecule has 12 heteroatoms. The van der Waals surface area contributed by atoms with E-state index in [1.807, 2.05) is 0 Å². The van der Waals surface area contributed by atoms with Gasteiger partial charge in [0.05, 0.1) is 17.6 Å². The lowest BCUT2D eigenvalue weighted by Gasteiger charge is -2.09. The molecule has 0 bridgehead atoms. The summed E-state index contributed by atoms with van der Waals surface area (Å²) in [6.45, 7) is 3.03. The Labute approximate surface area is 156 Å². The largest absolute Gasteiger partial charge is 0.376 e. The number of amides is 2. The minimum atomic E-state index is -0.311. The van der Waals surface area contributed by atoms with E-state index in [0.717, 1.165) is 31.0 Å². The smallest absolute Gasteiger partial charge is 0.271 e. The molecule has 2 aromatic rings. The molecule has 1 aliphatic heterocycles. The summed E-state index contributed by atoms with van der Waals surface area (Å²) in [5.41, 5.74) is 0.574. The topological polar surface area (TPSA) is 119 Å². The van der Waals surface area contributed by atoms with Crippen molar-refractivity contribution >= 4 is 51.6 Å². The molecule has 2 N–H and O–H groups in total. The molecule has 25 heavy (non-hydrogen) atoms. The number of carbonyl (C=O) groups is 2. The fraction of sp³-hybridized carbons (Fsp3) is 0.538. The molecule has 0 spiro atoms. The van der Waals surface area contributed by atoms with E-state index < -0.39 is 0 Å². The Hall–Kier alpha value is -1.63. The summed E-state index contributed by atoms with van der Waals surface area (Å²) in [7, 11) is 0. The van der Waals surface area contributed by atoms with Crippen molar-refractivity contribution in [1.29, 1.82) is 0 Å². The number of ether oxygens (including phenoxy) is 1. The molecule has 1 fully saturated rings. The van der Waals surface area contributed by atoms with Gasteiger partial charge in [0, 0.05) is 13.2 Å². The van der Waals surface area contributed by atoms with Crippen LogP contribution in [0.5, 0.6) is 0 Å². The SMILES string of the molecule is Cc1nnsc1C(=O)Nc1nnc(SCC(=O)NCC2CCCO2)s1. The Morgan fingerprint density at radius 3 is 2.96 bits per heavy atom. The maximum atomic E-state index is 12.1. The first kappa shape index (κ1) is 18.2. The number of aromatic nitrogens is 4. The zero-order valence-electron chi connectivity index (χ0n) is 13.4. The van der Waals surface area contributed by atoms with Crippen LogP contribution in [0.25, 0.3) is 0 Å². The quantitative estimate of drug-likeness (QED) is 0.528. The number of thioether (sulfide) groups is 1. The van der Waals surface area contributed by atoms with Gasteiger partial charge in [0.15, 0.2) is 4.34 Å². The summed E-state index contributed by atoms with van der Waals surface area (Å²) in [4.78, 5) is 24.3. The zero-order valence-corrected chi connectivity index (χ0v) is 15.8. The van der Waals surface area contributed by atoms with Crippen molar-refractivity contribution < 1.29 is 14.3 Å². The Bertz CT molecular complexity index is 743. The summed E-state index contributed by atoms with van der Waals surface area (Å²) in [5.74, 6) is -0.144. The number of rotatable bonds is 7. The molecular weight excluding hydrogens is 384 g/mol. The lowest BCUT2D eigenvalue weighted by molar-refractivity contribution is -0.119. The van der Waals surface area contributed by atoms with Crippen molar-refractivity contribution in [3.63, 3.8) is 0 Å². The Kier molecular flexibility index (Phi) is 6.29. The van der Waals surface area contributed by atoms with Crippen molar-refractivity contribution in [2.75, 3.05) is 24.2 Å². The second-order valence-electron chi connectivity index (χ2n) is 5.24. The van der Waals surface area contributed by atoms with Gasteiger partial charge >= 0.3 is 0 Å². The molecule has 3 heterocycles. The Balaban J connectivity index is 1.42. The van der Waals surface area contributed by atoms with E-state index in [9.17, 15) is 9.59 Å². The first-order valence-corrected chi connectivity index (χ1v) is 10.1. The molecule has 9 nitrogen and oxygen atoms in total. The van der Waals surface area contributed by atoms with Crippen molar-refractivity contribution in [2.24, 2.45) is 0 Å². The average molecular weight is 401 g/mol. The van der Waals surface area contributed by atoms with E-state index >= 15 is 0 Å². The van der Waals surface area contributed by atoms with Crippen LogP contribution in [0.1, 0.15) is 28.2 Å². The van der Waals surface area contributed by atoms with Gasteiger partial charge in [0.1, 0.15) is 4.88 Å². The Morgan fingerprint density at radius 1 is 1.36 bits per heavy atom. The summed E-state index contributed by atoms with van der Waals surface area (Å²) in [6.07, 6.45) is 2.16. The van der Waals surface area contributed by atoms with Crippen LogP contribution in [0, 0.1) is 6.92 Å². The van der Waals surface area contributed by atoms with E-state index in [2.05, 4.69) is 30.4 Å². The molecule has 1 unspecified atom stereocenters. The van der Waals surface area contributed by atoms with Gasteiger partial charge in [0.2, 0.25) is 11.0 Å². The predicted octanol–water partition coefficient (Wildman–Crippen LogP) is 1.34. The standard InChI is InChI=1S/C13H16N6O3S3/c1-7-10(25-19-16-7)11(21)15-12-17-18-13(24-12)23-6-9(20)14-5-8-3-2-4-22-8/h8H,2-6H2,1H3,(H,14,20)(H,15,17,21). The number of hydrogen-bond donors (Lipinski definition) is 2. The minimum Gasteiger partial charge on any atom is -0.376 e. The molecule has 134 valence electrons. The zero-order chi connectivity index (χ0) is 17.6. The maximum Gasteiger partial charge on any atom is 0.271 e. The van der Waals surface area contributed by atoms with Gasteiger partial charge < -0.3 is 10.1 Å². The van der Waals surface area contributed by atoms with Gasteiger partial charge in [-0.2, -0.15) is 0 Å². The van der Waals surface area contributed by atoms with E-state index in [1.54, 1.807) is 6.92 Å². The maximum absolute atomic E-state index is 12.1. The van der Waals surface area contributed by atoms with E-state index in [4.69, 9.17) is 4.74 Å². The van der Waals surface area contributed by atoms with E-state index in [-0.39, 0.29) is 23.7 Å². The van der Waals surface area contributed by atoms with Crippen molar-refractivity contribution in [3.8, 4) is 0 Å². The highest BCUT2D eigenvalue weighted by atomic mass is 32.2. The molecule has 0 aromatic carbocycles. The molecule has 0 radical (unpaired) electrons. The molecule has 0 aliphatic carbocycles. The van der Waals surface area contributed by atoms with Gasteiger partial charge in [-0.25, -0.2) is 0 Å². The van der Waals surface area contributed by atoms with Crippen LogP contribution < -0.4 is 10.6 Å². The molecule has 3 rings (SSSR count). The van der Waals surface area contributed by atoms with Crippen LogP contribution in [0.3, 0.4) is 0 Å². The molecule has 1 aliphatic rings. The number of carbonyl (C=O) groups excluding carboxylic acids is 2. The molecule has 2 aromatic heterocycles. The summed E-state index contributed by atoms with van der Waals surface area (Å²) >= 11 is 3.52. The van der Waals surface area contributed by atoms with Gasteiger partial charge in [0.25, 0.3) is 5.91 Å². The molecular formula is C13H16N6O3S3. The third kappa shape index (κ3) is 5.17. The van der Waals surface area contributed by atoms with Gasteiger partial charge in [-0.05, 0) is 31.3 Å². The highest BCUT2D eigenvalue weighted by Crippen LogP contribution is 2.26. The second-order valence-corrected chi connectivity index (χ2v) is 8.20. The number of aryl methyl sites for hydroxylation is 1. The molecule has 1 atom stereocenters. The number of nitrogens with one attached hydrogen (secondary N) is 2. The van der Waals surface area contributed by atoms with Gasteiger partial charge in [-0.15, -0.1) is 15.3 Å². The second kappa shape index (κ2) is 8.65. The van der Waals surface area contributed by atoms with Gasteiger partial charge in [-0.1, -0.05) is 27.6 Å². The van der Waals surface area contributed by atoms with Crippen LogP contribution in [-0.4, -0.2) is 56.6 Å². The van der Waals surface area contributed by atoms with Crippen LogP contribution in [0.4, 0.5) is 5.13 Å². The number of nitrogens with zero attached hydrogens (tertiary/aromatic N) is 4. The fourth-order valence-corrected chi connectivity index (χ4v) is 4.25. The number of hydrogen-bond acceptors (Lipinski definition) is 10. The summed E-state index contributed by atoms with van der Waals surface area (Å²) in [6, 6.07) is 0. The molecule has 2 amide bonds. The Morgan fingerprint density at radius 2 is 2.24 bits per heavy atom. The predicted molar refractivity (Wildman–Crippen MR) is 95.2 cm³/mol. The molecule has 1 saturated heterocycles. The normalized spacial score (nSPS) is 16.8. The first-order chi connectivity index (χ1) is 12.1. The third-order valence-electron chi connectivity index (χ3n) is 3.36. The highest BCUT2D eigenvalue weighted by Gasteiger charge is 2.18. The molecule has 0 saturated carbocycles. The monoisotopic (exact) mass is 400 g/mol. The van der Waals surface area contributed by atoms with Crippen LogP contribution in [-0.2, 0) is 9.53 Å². The van der Waals surface area contributed by atoms with Crippen molar-refractivity contribution in [1.82, 2.24) is 25.1 Å². The summed E-state index contributed by atoms with van der Waals surface area (Å²) in [5, 5.41) is 17.6. The third-order valence-corrected chi connectivity index (χ3v) is 6.16. The lowest BCUT2D eigenvalue weighted by Crippen LogP contribution is -2.32. The van der Waals surface area contributed by atoms with Crippen molar-refractivity contribution in [2.45, 2.75) is 30.2 Å². The fourth-order valence-electron chi connectivity index (χ4n) is 2.12. The minimum absolute atomic E-state index is 0.0763.